The van der Waals surface area contributed by atoms with Gasteiger partial charge in [0.1, 0.15) is 5.75 Å². The molecule has 0 atom stereocenters. The highest BCUT2D eigenvalue weighted by molar-refractivity contribution is 7.92. The molecule has 0 bridgehead atoms. The van der Waals surface area contributed by atoms with Crippen molar-refractivity contribution in [1.82, 2.24) is 4.98 Å². The van der Waals surface area contributed by atoms with Crippen molar-refractivity contribution in [1.29, 1.82) is 0 Å². The molecule has 7 nitrogen and oxygen atoms in total. The van der Waals surface area contributed by atoms with Crippen LogP contribution in [0.2, 0.25) is 0 Å². The highest BCUT2D eigenvalue weighted by Gasteiger charge is 2.21. The summed E-state index contributed by atoms with van der Waals surface area (Å²) in [4.78, 5) is 4.07. The number of benzene rings is 2. The average molecular weight is 429 g/mol. The van der Waals surface area contributed by atoms with Crippen LogP contribution in [0.1, 0.15) is 12.5 Å². The van der Waals surface area contributed by atoms with Crippen molar-refractivity contribution in [2.45, 2.75) is 13.5 Å². The Morgan fingerprint density at radius 1 is 0.933 bits per heavy atom. The van der Waals surface area contributed by atoms with Crippen molar-refractivity contribution in [3.05, 3.63) is 72.6 Å². The molecule has 0 aliphatic carbocycles. The van der Waals surface area contributed by atoms with Gasteiger partial charge in [-0.3, -0.25) is 9.29 Å². The second-order valence-electron chi connectivity index (χ2n) is 6.36. The molecule has 8 heteroatoms. The maximum atomic E-state index is 12.7. The highest BCUT2D eigenvalue weighted by atomic mass is 32.2. The van der Waals surface area contributed by atoms with Gasteiger partial charge in [0.15, 0.2) is 11.5 Å². The summed E-state index contributed by atoms with van der Waals surface area (Å²) in [5.41, 5.74) is 1.34. The van der Waals surface area contributed by atoms with Gasteiger partial charge < -0.3 is 14.2 Å². The van der Waals surface area contributed by atoms with Gasteiger partial charge in [0.25, 0.3) is 0 Å². The van der Waals surface area contributed by atoms with Gasteiger partial charge in [-0.15, -0.1) is 0 Å². The number of nitrogens with zero attached hydrogens (tertiary/aromatic N) is 2. The van der Waals surface area contributed by atoms with Gasteiger partial charge in [0.2, 0.25) is 15.8 Å². The largest absolute Gasteiger partial charge is 0.493 e. The van der Waals surface area contributed by atoms with Crippen LogP contribution in [0.4, 0.5) is 5.69 Å². The van der Waals surface area contributed by atoms with Gasteiger partial charge in [0, 0.05) is 12.4 Å². The van der Waals surface area contributed by atoms with E-state index in [1.807, 2.05) is 6.07 Å². The van der Waals surface area contributed by atoms with Crippen LogP contribution in [-0.2, 0) is 16.6 Å². The first-order valence-corrected chi connectivity index (χ1v) is 11.0. The summed E-state index contributed by atoms with van der Waals surface area (Å²) < 4.78 is 43.4. The van der Waals surface area contributed by atoms with Crippen molar-refractivity contribution in [3.63, 3.8) is 0 Å². The van der Waals surface area contributed by atoms with E-state index in [2.05, 4.69) is 4.98 Å². The number of para-hydroxylation sites is 1. The number of hydrogen-bond acceptors (Lipinski definition) is 6. The van der Waals surface area contributed by atoms with Crippen LogP contribution in [0.3, 0.4) is 0 Å². The Morgan fingerprint density at radius 2 is 1.60 bits per heavy atom. The van der Waals surface area contributed by atoms with Crippen LogP contribution in [0.5, 0.6) is 23.0 Å². The maximum Gasteiger partial charge on any atom is 0.235 e. The Balaban J connectivity index is 1.89. The van der Waals surface area contributed by atoms with Crippen LogP contribution >= 0.6 is 0 Å². The summed E-state index contributed by atoms with van der Waals surface area (Å²) in [7, 11) is -0.375. The van der Waals surface area contributed by atoms with Crippen molar-refractivity contribution in [3.8, 4) is 23.0 Å². The molecule has 0 N–H and O–H groups in total. The molecule has 0 aliphatic heterocycles. The number of sulfonamides is 1. The van der Waals surface area contributed by atoms with Crippen LogP contribution < -0.4 is 18.5 Å². The first kappa shape index (κ1) is 21.4. The minimum Gasteiger partial charge on any atom is -0.493 e. The smallest absolute Gasteiger partial charge is 0.235 e. The van der Waals surface area contributed by atoms with Crippen molar-refractivity contribution < 1.29 is 22.6 Å². The van der Waals surface area contributed by atoms with E-state index >= 15 is 0 Å². The first-order valence-electron chi connectivity index (χ1n) is 9.36. The summed E-state index contributed by atoms with van der Waals surface area (Å²) in [6, 6.07) is 15.8. The fourth-order valence-electron chi connectivity index (χ4n) is 2.88. The molecule has 0 spiro atoms. The third kappa shape index (κ3) is 4.83. The van der Waals surface area contributed by atoms with Crippen LogP contribution in [0, 0.1) is 0 Å². The Labute approximate surface area is 176 Å². The topological polar surface area (TPSA) is 78.0 Å². The van der Waals surface area contributed by atoms with Gasteiger partial charge in [-0.2, -0.15) is 0 Å². The van der Waals surface area contributed by atoms with Gasteiger partial charge in [0.05, 0.1) is 32.2 Å². The fourth-order valence-corrected chi connectivity index (χ4v) is 3.98. The van der Waals surface area contributed by atoms with Crippen LogP contribution in [0.15, 0.2) is 67.0 Å². The zero-order chi connectivity index (χ0) is 21.6. The number of anilines is 1. The Kier molecular flexibility index (Phi) is 6.79. The third-order valence-corrected chi connectivity index (χ3v) is 6.22. The molecule has 158 valence electrons. The number of rotatable bonds is 9. The zero-order valence-corrected chi connectivity index (χ0v) is 17.9. The summed E-state index contributed by atoms with van der Waals surface area (Å²) in [6.45, 7) is 1.82. The molecule has 0 radical (unpaired) electrons. The molecule has 1 aromatic heterocycles. The normalized spacial score (nSPS) is 11.0. The quantitative estimate of drug-likeness (QED) is 0.507. The minimum absolute atomic E-state index is 0.00999. The molecule has 1 heterocycles. The predicted octanol–water partition coefficient (Wildman–Crippen LogP) is 4.25. The summed E-state index contributed by atoms with van der Waals surface area (Å²) in [6.07, 6.45) is 3.31. The van der Waals surface area contributed by atoms with E-state index in [1.165, 1.54) is 4.31 Å². The number of aromatic nitrogens is 1. The summed E-state index contributed by atoms with van der Waals surface area (Å²) in [5.74, 6) is 2.03. The number of hydrogen-bond donors (Lipinski definition) is 0. The predicted molar refractivity (Wildman–Crippen MR) is 116 cm³/mol. The summed E-state index contributed by atoms with van der Waals surface area (Å²) in [5, 5.41) is 0. The van der Waals surface area contributed by atoms with Crippen LogP contribution in [0.25, 0.3) is 0 Å². The molecule has 0 aliphatic rings. The number of pyridine rings is 1. The standard InChI is InChI=1S/C22H24N2O5S/c1-4-30(25,26)24(16-17-7-6-14-23-15-17)18-10-12-19(13-11-18)29-22-20(27-2)8-5-9-21(22)28-3/h5-15H,4,16H2,1-3H3. The molecule has 0 amide bonds. The Bertz CT molecular complexity index is 1050. The minimum atomic E-state index is -3.48. The lowest BCUT2D eigenvalue weighted by Gasteiger charge is -2.24. The maximum absolute atomic E-state index is 12.7. The van der Waals surface area contributed by atoms with Crippen molar-refractivity contribution in [2.75, 3.05) is 24.3 Å². The zero-order valence-electron chi connectivity index (χ0n) is 17.1. The number of ether oxygens (including phenoxy) is 3. The molecule has 2 aromatic carbocycles. The molecule has 3 aromatic rings. The summed E-state index contributed by atoms with van der Waals surface area (Å²) >= 11 is 0. The van der Waals surface area contributed by atoms with Gasteiger partial charge in [-0.1, -0.05) is 12.1 Å². The van der Waals surface area contributed by atoms with Crippen LogP contribution in [-0.4, -0.2) is 33.4 Å². The van der Waals surface area contributed by atoms with Crippen molar-refractivity contribution >= 4 is 15.7 Å². The average Bonchev–Trinajstić information content (AvgIpc) is 2.79. The number of methoxy groups -OCH3 is 2. The SMILES string of the molecule is CCS(=O)(=O)N(Cc1cccnc1)c1ccc(Oc2c(OC)cccc2OC)cc1. The molecule has 30 heavy (non-hydrogen) atoms. The second kappa shape index (κ2) is 9.49. The molecule has 3 rings (SSSR count). The molecular formula is C22H24N2O5S. The lowest BCUT2D eigenvalue weighted by atomic mass is 10.2. The molecule has 0 unspecified atom stereocenters. The molecule has 0 fully saturated rings. The van der Waals surface area contributed by atoms with Gasteiger partial charge in [-0.25, -0.2) is 8.42 Å². The van der Waals surface area contributed by atoms with E-state index < -0.39 is 10.0 Å². The van der Waals surface area contributed by atoms with Gasteiger partial charge in [-0.05, 0) is 55.0 Å². The van der Waals surface area contributed by atoms with E-state index in [0.717, 1.165) is 5.56 Å². The fraction of sp³-hybridized carbons (Fsp3) is 0.227. The lowest BCUT2D eigenvalue weighted by Crippen LogP contribution is -2.31. The highest BCUT2D eigenvalue weighted by Crippen LogP contribution is 2.40. The van der Waals surface area contributed by atoms with E-state index in [9.17, 15) is 8.42 Å². The van der Waals surface area contributed by atoms with E-state index in [1.54, 1.807) is 82.1 Å². The molecule has 0 saturated carbocycles. The van der Waals surface area contributed by atoms with E-state index in [0.29, 0.717) is 28.7 Å². The van der Waals surface area contributed by atoms with E-state index in [4.69, 9.17) is 14.2 Å². The first-order chi connectivity index (χ1) is 14.5. The monoisotopic (exact) mass is 428 g/mol. The van der Waals surface area contributed by atoms with Crippen molar-refractivity contribution in [2.24, 2.45) is 0 Å². The Hall–Kier alpha value is -3.26. The van der Waals surface area contributed by atoms with Gasteiger partial charge >= 0.3 is 0 Å². The second-order valence-corrected chi connectivity index (χ2v) is 8.54. The molecule has 0 saturated heterocycles. The third-order valence-electron chi connectivity index (χ3n) is 4.48. The molecular weight excluding hydrogens is 404 g/mol. The lowest BCUT2D eigenvalue weighted by molar-refractivity contribution is 0.346. The van der Waals surface area contributed by atoms with E-state index in [-0.39, 0.29) is 12.3 Å². The Morgan fingerprint density at radius 3 is 2.13 bits per heavy atom.